The molecule has 5 nitrogen and oxygen atoms in total. The van der Waals surface area contributed by atoms with Crippen molar-refractivity contribution in [3.05, 3.63) is 18.1 Å². The largest absolute Gasteiger partial charge is 0.313 e. The number of rotatable bonds is 1. The molecule has 2 rings (SSSR count). The summed E-state index contributed by atoms with van der Waals surface area (Å²) < 4.78 is 3.72. The van der Waals surface area contributed by atoms with Crippen LogP contribution in [0.15, 0.2) is 12.3 Å². The first-order valence-corrected chi connectivity index (χ1v) is 4.04. The van der Waals surface area contributed by atoms with Crippen molar-refractivity contribution in [2.24, 2.45) is 14.1 Å². The van der Waals surface area contributed by atoms with Crippen molar-refractivity contribution in [2.75, 3.05) is 0 Å². The quantitative estimate of drug-likeness (QED) is 0.638. The summed E-state index contributed by atoms with van der Waals surface area (Å²) in [7, 11) is 3.83. The van der Waals surface area contributed by atoms with Gasteiger partial charge in [-0.05, 0) is 13.0 Å². The second-order valence-corrected chi connectivity index (χ2v) is 2.97. The van der Waals surface area contributed by atoms with E-state index in [-0.39, 0.29) is 0 Å². The summed E-state index contributed by atoms with van der Waals surface area (Å²) in [6.45, 7) is 1.92. The van der Waals surface area contributed by atoms with Gasteiger partial charge in [0.25, 0.3) is 0 Å². The van der Waals surface area contributed by atoms with E-state index in [1.54, 1.807) is 10.9 Å². The number of aromatic nitrogens is 5. The van der Waals surface area contributed by atoms with Crippen LogP contribution >= 0.6 is 0 Å². The van der Waals surface area contributed by atoms with E-state index < -0.39 is 0 Å². The third kappa shape index (κ3) is 1.12. The minimum Gasteiger partial charge on any atom is -0.313 e. The maximum atomic E-state index is 4.08. The summed E-state index contributed by atoms with van der Waals surface area (Å²) in [5.74, 6) is 1.74. The monoisotopic (exact) mass is 177 g/mol. The van der Waals surface area contributed by atoms with Crippen LogP contribution in [0.2, 0.25) is 0 Å². The highest BCUT2D eigenvalue weighted by Crippen LogP contribution is 2.14. The van der Waals surface area contributed by atoms with E-state index in [2.05, 4.69) is 15.3 Å². The van der Waals surface area contributed by atoms with E-state index in [0.717, 1.165) is 17.3 Å². The third-order valence-corrected chi connectivity index (χ3v) is 2.14. The Hall–Kier alpha value is -1.65. The lowest BCUT2D eigenvalue weighted by Gasteiger charge is -2.00. The lowest BCUT2D eigenvalue weighted by atomic mass is 10.4. The molecule has 0 spiro atoms. The molecule has 0 radical (unpaired) electrons. The normalized spacial score (nSPS) is 10.7. The van der Waals surface area contributed by atoms with Gasteiger partial charge in [0, 0.05) is 20.3 Å². The Morgan fingerprint density at radius 1 is 1.23 bits per heavy atom. The van der Waals surface area contributed by atoms with Crippen molar-refractivity contribution in [1.82, 2.24) is 24.5 Å². The van der Waals surface area contributed by atoms with E-state index in [1.807, 2.05) is 31.7 Å². The van der Waals surface area contributed by atoms with Crippen LogP contribution in [0.1, 0.15) is 5.82 Å². The van der Waals surface area contributed by atoms with Crippen LogP contribution < -0.4 is 0 Å². The molecule has 68 valence electrons. The molecule has 0 aliphatic rings. The van der Waals surface area contributed by atoms with Crippen LogP contribution in [0, 0.1) is 6.92 Å². The minimum atomic E-state index is 0.845. The fourth-order valence-electron chi connectivity index (χ4n) is 1.22. The summed E-state index contributed by atoms with van der Waals surface area (Å²) in [4.78, 5) is 0. The number of aryl methyl sites for hydroxylation is 2. The Morgan fingerprint density at radius 2 is 2.00 bits per heavy atom. The zero-order valence-corrected chi connectivity index (χ0v) is 7.89. The molecular weight excluding hydrogens is 166 g/mol. The van der Waals surface area contributed by atoms with E-state index in [4.69, 9.17) is 0 Å². The molecule has 0 N–H and O–H groups in total. The van der Waals surface area contributed by atoms with Gasteiger partial charge in [-0.2, -0.15) is 5.10 Å². The van der Waals surface area contributed by atoms with Gasteiger partial charge < -0.3 is 4.57 Å². The smallest absolute Gasteiger partial charge is 0.182 e. The molecule has 2 heterocycles. The van der Waals surface area contributed by atoms with E-state index in [9.17, 15) is 0 Å². The molecule has 0 amide bonds. The van der Waals surface area contributed by atoms with Gasteiger partial charge in [-0.1, -0.05) is 0 Å². The van der Waals surface area contributed by atoms with Crippen LogP contribution in [0.3, 0.4) is 0 Å². The standard InChI is InChI=1S/C8H11N5/c1-6-10-11-8(12(6)2)7-4-5-9-13(7)3/h4-5H,1-3H3. The zero-order valence-electron chi connectivity index (χ0n) is 7.89. The zero-order chi connectivity index (χ0) is 9.42. The number of hydrogen-bond acceptors (Lipinski definition) is 3. The van der Waals surface area contributed by atoms with Gasteiger partial charge in [0.15, 0.2) is 5.82 Å². The van der Waals surface area contributed by atoms with Gasteiger partial charge in [0.05, 0.1) is 0 Å². The van der Waals surface area contributed by atoms with Gasteiger partial charge in [-0.15, -0.1) is 10.2 Å². The van der Waals surface area contributed by atoms with E-state index >= 15 is 0 Å². The Balaban J connectivity index is 2.59. The molecule has 2 aromatic rings. The average Bonchev–Trinajstić information content (AvgIpc) is 2.62. The van der Waals surface area contributed by atoms with E-state index in [1.165, 1.54) is 0 Å². The van der Waals surface area contributed by atoms with Crippen LogP contribution in [0.5, 0.6) is 0 Å². The first-order chi connectivity index (χ1) is 6.20. The van der Waals surface area contributed by atoms with E-state index in [0.29, 0.717) is 0 Å². The molecule has 0 aliphatic heterocycles. The van der Waals surface area contributed by atoms with Crippen LogP contribution in [-0.2, 0) is 14.1 Å². The SMILES string of the molecule is Cc1nnc(-c2ccnn2C)n1C. The van der Waals surface area contributed by atoms with Crippen molar-refractivity contribution in [3.8, 4) is 11.5 Å². The average molecular weight is 177 g/mol. The fourth-order valence-corrected chi connectivity index (χ4v) is 1.22. The summed E-state index contributed by atoms with van der Waals surface area (Å²) in [5, 5.41) is 12.1. The lowest BCUT2D eigenvalue weighted by molar-refractivity contribution is 0.759. The van der Waals surface area contributed by atoms with Gasteiger partial charge in [0.2, 0.25) is 0 Å². The topological polar surface area (TPSA) is 48.5 Å². The Morgan fingerprint density at radius 3 is 2.46 bits per heavy atom. The summed E-state index contributed by atoms with van der Waals surface area (Å²) >= 11 is 0. The van der Waals surface area contributed by atoms with Crippen LogP contribution in [0.4, 0.5) is 0 Å². The maximum Gasteiger partial charge on any atom is 0.182 e. The summed E-state index contributed by atoms with van der Waals surface area (Å²) in [6, 6.07) is 1.92. The highest BCUT2D eigenvalue weighted by atomic mass is 15.3. The molecule has 5 heteroatoms. The summed E-state index contributed by atoms with van der Waals surface area (Å²) in [6.07, 6.45) is 1.75. The fraction of sp³-hybridized carbons (Fsp3) is 0.375. The predicted molar refractivity (Wildman–Crippen MR) is 47.9 cm³/mol. The number of nitrogens with zero attached hydrogens (tertiary/aromatic N) is 5. The first kappa shape index (κ1) is 7.97. The van der Waals surface area contributed by atoms with Crippen molar-refractivity contribution in [3.63, 3.8) is 0 Å². The number of hydrogen-bond donors (Lipinski definition) is 0. The molecule has 0 saturated carbocycles. The Bertz CT molecular complexity index is 425. The molecule has 0 fully saturated rings. The van der Waals surface area contributed by atoms with Crippen LogP contribution in [-0.4, -0.2) is 24.5 Å². The third-order valence-electron chi connectivity index (χ3n) is 2.14. The molecule has 0 atom stereocenters. The van der Waals surface area contributed by atoms with Crippen molar-refractivity contribution >= 4 is 0 Å². The Kier molecular flexibility index (Phi) is 1.65. The second kappa shape index (κ2) is 2.69. The summed E-state index contributed by atoms with van der Waals surface area (Å²) in [5.41, 5.74) is 0.975. The van der Waals surface area contributed by atoms with Gasteiger partial charge >= 0.3 is 0 Å². The first-order valence-electron chi connectivity index (χ1n) is 4.04. The van der Waals surface area contributed by atoms with Gasteiger partial charge in [-0.3, -0.25) is 4.68 Å². The minimum absolute atomic E-state index is 0.845. The highest BCUT2D eigenvalue weighted by Gasteiger charge is 2.10. The van der Waals surface area contributed by atoms with Crippen LogP contribution in [0.25, 0.3) is 11.5 Å². The molecule has 0 saturated heterocycles. The highest BCUT2D eigenvalue weighted by molar-refractivity contribution is 5.49. The molecule has 2 aromatic heterocycles. The maximum absolute atomic E-state index is 4.08. The van der Waals surface area contributed by atoms with Gasteiger partial charge in [-0.25, -0.2) is 0 Å². The molecular formula is C8H11N5. The van der Waals surface area contributed by atoms with Crippen molar-refractivity contribution in [1.29, 1.82) is 0 Å². The molecule has 13 heavy (non-hydrogen) atoms. The molecule has 0 unspecified atom stereocenters. The Labute approximate surface area is 76.0 Å². The second-order valence-electron chi connectivity index (χ2n) is 2.97. The van der Waals surface area contributed by atoms with Crippen molar-refractivity contribution < 1.29 is 0 Å². The lowest BCUT2D eigenvalue weighted by Crippen LogP contribution is -2.00. The van der Waals surface area contributed by atoms with Gasteiger partial charge in [0.1, 0.15) is 11.5 Å². The predicted octanol–water partition coefficient (Wildman–Crippen LogP) is 0.524. The molecule has 0 aromatic carbocycles. The molecule has 0 bridgehead atoms. The van der Waals surface area contributed by atoms with Crippen molar-refractivity contribution in [2.45, 2.75) is 6.92 Å². The molecule has 0 aliphatic carbocycles.